The zero-order chi connectivity index (χ0) is 24.1. The standard InChI is InChI=1S/C14H19N7O10P2.2Na/c1-19-6-21(11-8(19)12(24)18-14(15)17-11)13-10(23)9(22)7(30-13)4-29-33(27,28)31-32(25,26)20-3-2-16-5-20;;/h2-3,5-7,9-10,13,23H,4H2,1H3,(H,25,26)(H,27,28)(H3,15,17,18,24);;/q;2*+1/p-2/t7-,9-,10-,13-;;/m1../s1. The Labute approximate surface area is 240 Å². The second-order valence-corrected chi connectivity index (χ2v) is 10.2. The number of aliphatic hydroxyl groups is 1. The maximum absolute atomic E-state index is 12.5. The molecule has 35 heavy (non-hydrogen) atoms. The largest absolute Gasteiger partial charge is 1.00 e. The number of aromatic nitrogens is 6. The van der Waals surface area contributed by atoms with Crippen LogP contribution in [-0.2, 0) is 29.7 Å². The van der Waals surface area contributed by atoms with Gasteiger partial charge in [-0.15, -0.1) is 0 Å². The number of ether oxygens (including phenoxy) is 1. The minimum atomic E-state index is -5.45. The molecule has 0 bridgehead atoms. The van der Waals surface area contributed by atoms with Crippen molar-refractivity contribution in [2.45, 2.75) is 24.5 Å². The molecule has 17 nitrogen and oxygen atoms in total. The molecule has 2 unspecified atom stereocenters. The third-order valence-electron chi connectivity index (χ3n) is 4.75. The molecule has 0 amide bonds. The van der Waals surface area contributed by atoms with Crippen molar-refractivity contribution in [2.75, 3.05) is 12.3 Å². The summed E-state index contributed by atoms with van der Waals surface area (Å²) in [5.41, 5.74) is 5.07. The van der Waals surface area contributed by atoms with Gasteiger partial charge in [-0.25, -0.2) is 9.55 Å². The van der Waals surface area contributed by atoms with Gasteiger partial charge in [-0.2, -0.15) is 0 Å². The van der Waals surface area contributed by atoms with Crippen LogP contribution in [-0.4, -0.2) is 53.9 Å². The first-order chi connectivity index (χ1) is 15.4. The van der Waals surface area contributed by atoms with Crippen LogP contribution in [0.1, 0.15) is 6.23 Å². The van der Waals surface area contributed by atoms with Gasteiger partial charge in [0.05, 0.1) is 19.8 Å². The molecule has 1 fully saturated rings. The maximum Gasteiger partial charge on any atom is 1.00 e. The number of anilines is 1. The van der Waals surface area contributed by atoms with E-state index in [4.69, 9.17) is 10.5 Å². The summed E-state index contributed by atoms with van der Waals surface area (Å²) in [7, 11) is -9.07. The van der Waals surface area contributed by atoms with Crippen LogP contribution in [0.15, 0.2) is 29.8 Å². The maximum atomic E-state index is 12.5. The fourth-order valence-electron chi connectivity index (χ4n) is 3.29. The van der Waals surface area contributed by atoms with E-state index in [1.54, 1.807) is 0 Å². The number of hydrogen-bond acceptors (Lipinski definition) is 13. The third kappa shape index (κ3) is 6.34. The fraction of sp³-hybridized carbons (Fsp3) is 0.429. The molecular formula is C14H17N7Na2O10P2. The van der Waals surface area contributed by atoms with Crippen LogP contribution in [0, 0.1) is 0 Å². The van der Waals surface area contributed by atoms with Gasteiger partial charge in [0.2, 0.25) is 19.5 Å². The molecule has 6 atom stereocenters. The zero-order valence-corrected chi connectivity index (χ0v) is 24.4. The number of aromatic amines is 1. The van der Waals surface area contributed by atoms with Crippen LogP contribution in [0.5, 0.6) is 0 Å². The molecule has 0 radical (unpaired) electrons. The Morgan fingerprint density at radius 2 is 2.06 bits per heavy atom. The quantitative estimate of drug-likeness (QED) is 0.140. The molecule has 0 aromatic carbocycles. The van der Waals surface area contributed by atoms with Crippen molar-refractivity contribution >= 4 is 32.7 Å². The summed E-state index contributed by atoms with van der Waals surface area (Å²) in [4.78, 5) is 45.8. The molecular weight excluding hydrogens is 534 g/mol. The predicted octanol–water partition coefficient (Wildman–Crippen LogP) is -10.2. The first-order valence-corrected chi connectivity index (χ1v) is 12.1. The van der Waals surface area contributed by atoms with Crippen LogP contribution in [0.3, 0.4) is 0 Å². The second kappa shape index (κ2) is 11.5. The normalized spacial score (nSPS) is 25.4. The Balaban J connectivity index is 0.00000216. The van der Waals surface area contributed by atoms with Crippen LogP contribution in [0.25, 0.3) is 11.2 Å². The molecule has 4 rings (SSSR count). The predicted molar refractivity (Wildman–Crippen MR) is 99.5 cm³/mol. The average molecular weight is 551 g/mol. The smallest absolute Gasteiger partial charge is 0.848 e. The number of aliphatic hydroxyl groups excluding tert-OH is 1. The van der Waals surface area contributed by atoms with Gasteiger partial charge in [0, 0.05) is 12.4 Å². The summed E-state index contributed by atoms with van der Waals surface area (Å²) in [5, 5.41) is 22.9. The molecule has 1 aliphatic rings. The summed E-state index contributed by atoms with van der Waals surface area (Å²) in [6.07, 6.45) is -2.35. The Bertz CT molecular complexity index is 1330. The van der Waals surface area contributed by atoms with Crippen LogP contribution < -0.4 is 89.9 Å². The van der Waals surface area contributed by atoms with Gasteiger partial charge in [0.15, 0.2) is 6.33 Å². The third-order valence-corrected chi connectivity index (χ3v) is 7.64. The van der Waals surface area contributed by atoms with E-state index in [1.165, 1.54) is 22.5 Å². The SMILES string of the molecule is Cn1c[n+]([C@@H]2O[C@H](COP(=O)([O-])OP(=O)([O-])n3ccnc3)[C@@H]([O-])[C@H]2O)c2nc(N)[nH]c(=O)c21.[Na+].[Na+]. The van der Waals surface area contributed by atoms with Gasteiger partial charge in [-0.05, 0) is 0 Å². The number of phosphoric ester groups is 1. The fourth-order valence-corrected chi connectivity index (χ4v) is 5.57. The summed E-state index contributed by atoms with van der Waals surface area (Å²) >= 11 is 0. The molecule has 0 saturated carbocycles. The molecule has 0 aliphatic carbocycles. The number of rotatable bonds is 7. The van der Waals surface area contributed by atoms with Crippen LogP contribution in [0.2, 0.25) is 0 Å². The zero-order valence-electron chi connectivity index (χ0n) is 18.7. The van der Waals surface area contributed by atoms with Gasteiger partial charge in [0.1, 0.15) is 12.4 Å². The van der Waals surface area contributed by atoms with Crippen molar-refractivity contribution in [3.8, 4) is 0 Å². The van der Waals surface area contributed by atoms with Gasteiger partial charge in [-0.3, -0.25) is 32.1 Å². The molecule has 21 heteroatoms. The number of nitrogens with zero attached hydrogens (tertiary/aromatic N) is 5. The van der Waals surface area contributed by atoms with E-state index >= 15 is 0 Å². The van der Waals surface area contributed by atoms with Crippen molar-refractivity contribution in [3.05, 3.63) is 35.4 Å². The topological polar surface area (TPSA) is 250 Å². The van der Waals surface area contributed by atoms with Gasteiger partial charge in [0.25, 0.3) is 19.3 Å². The molecule has 1 aliphatic heterocycles. The number of nitrogen functional groups attached to an aromatic ring is 1. The number of hydrogen-bond donors (Lipinski definition) is 3. The average Bonchev–Trinajstić information content (AvgIpc) is 3.41. The number of imidazole rings is 2. The van der Waals surface area contributed by atoms with E-state index in [0.717, 1.165) is 18.7 Å². The molecule has 0 spiro atoms. The van der Waals surface area contributed by atoms with E-state index in [2.05, 4.69) is 23.8 Å². The minimum absolute atomic E-state index is 0. The van der Waals surface area contributed by atoms with Crippen molar-refractivity contribution < 1.29 is 106 Å². The van der Waals surface area contributed by atoms with Gasteiger partial charge < -0.3 is 35.0 Å². The van der Waals surface area contributed by atoms with Gasteiger partial charge in [-0.1, -0.05) is 11.1 Å². The Hall–Kier alpha value is -0.460. The molecule has 3 aromatic heterocycles. The molecule has 4 heterocycles. The summed E-state index contributed by atoms with van der Waals surface area (Å²) in [5.74, 6) is -0.220. The molecule has 180 valence electrons. The number of aryl methyl sites for hydroxylation is 1. The van der Waals surface area contributed by atoms with Crippen molar-refractivity contribution in [2.24, 2.45) is 7.05 Å². The van der Waals surface area contributed by atoms with E-state index in [-0.39, 0.29) is 76.2 Å². The summed E-state index contributed by atoms with van der Waals surface area (Å²) in [6.45, 7) is -0.950. The number of phosphoric acid groups is 1. The number of fused-ring (bicyclic) bond motifs is 1. The Kier molecular flexibility index (Phi) is 10.1. The van der Waals surface area contributed by atoms with E-state index < -0.39 is 52.3 Å². The van der Waals surface area contributed by atoms with Crippen molar-refractivity contribution in [1.29, 1.82) is 0 Å². The monoisotopic (exact) mass is 551 g/mol. The molecule has 1 saturated heterocycles. The summed E-state index contributed by atoms with van der Waals surface area (Å²) in [6, 6.07) is 0. The Morgan fingerprint density at radius 1 is 1.37 bits per heavy atom. The number of H-pyrrole nitrogens is 1. The summed E-state index contributed by atoms with van der Waals surface area (Å²) < 4.78 is 41.0. The van der Waals surface area contributed by atoms with E-state index in [9.17, 15) is 33.9 Å². The van der Waals surface area contributed by atoms with E-state index in [1.807, 2.05) is 0 Å². The van der Waals surface area contributed by atoms with Crippen LogP contribution in [0.4, 0.5) is 5.95 Å². The number of nitrogens with one attached hydrogen (secondary N) is 1. The van der Waals surface area contributed by atoms with Crippen molar-refractivity contribution in [3.63, 3.8) is 0 Å². The van der Waals surface area contributed by atoms with E-state index in [0.29, 0.717) is 4.34 Å². The van der Waals surface area contributed by atoms with Crippen LogP contribution >= 0.6 is 15.6 Å². The minimum Gasteiger partial charge on any atom is -0.848 e. The molecule has 3 aromatic rings. The first kappa shape index (κ1) is 30.8. The second-order valence-electron chi connectivity index (χ2n) is 7.01. The first-order valence-electron chi connectivity index (χ1n) is 9.12. The number of nitrogens with two attached hydrogens (primary N) is 1. The Morgan fingerprint density at radius 3 is 2.69 bits per heavy atom. The van der Waals surface area contributed by atoms with Crippen molar-refractivity contribution in [1.82, 2.24) is 23.9 Å². The molecule has 4 N–H and O–H groups in total. The van der Waals surface area contributed by atoms with Gasteiger partial charge >= 0.3 is 64.8 Å².